The molecule has 1 fully saturated rings. The van der Waals surface area contributed by atoms with Crippen LogP contribution in [0.15, 0.2) is 12.7 Å². The third kappa shape index (κ3) is 4.09. The van der Waals surface area contributed by atoms with Gasteiger partial charge in [-0.15, -0.1) is 0 Å². The molecule has 1 aromatic heterocycles. The maximum atomic E-state index is 6.36. The van der Waals surface area contributed by atoms with E-state index in [2.05, 4.69) is 10.1 Å². The predicted octanol–water partition coefficient (Wildman–Crippen LogP) is 3.06. The van der Waals surface area contributed by atoms with Gasteiger partial charge < -0.3 is 5.73 Å². The molecule has 4 heteroatoms. The van der Waals surface area contributed by atoms with Crippen LogP contribution in [0.25, 0.3) is 0 Å². The van der Waals surface area contributed by atoms with Crippen molar-refractivity contribution in [1.82, 2.24) is 14.8 Å². The summed E-state index contributed by atoms with van der Waals surface area (Å²) in [5.41, 5.74) is 6.36. The fraction of sp³-hybridized carbons (Fsp3) is 0.857. The average Bonchev–Trinajstić information content (AvgIpc) is 2.87. The van der Waals surface area contributed by atoms with Crippen LogP contribution in [-0.2, 0) is 0 Å². The van der Waals surface area contributed by atoms with E-state index < -0.39 is 0 Å². The summed E-state index contributed by atoms with van der Waals surface area (Å²) in [6.07, 6.45) is 16.4. The van der Waals surface area contributed by atoms with Crippen LogP contribution in [0.3, 0.4) is 0 Å². The molecule has 0 amide bonds. The smallest absolute Gasteiger partial charge is 0.137 e. The van der Waals surface area contributed by atoms with Crippen LogP contribution in [0, 0.1) is 0 Å². The summed E-state index contributed by atoms with van der Waals surface area (Å²) < 4.78 is 1.97. The first-order chi connectivity index (χ1) is 8.88. The highest BCUT2D eigenvalue weighted by Gasteiger charge is 2.19. The van der Waals surface area contributed by atoms with E-state index in [4.69, 9.17) is 5.73 Å². The Morgan fingerprint density at radius 1 is 0.889 bits per heavy atom. The largest absolute Gasteiger partial charge is 0.326 e. The van der Waals surface area contributed by atoms with Gasteiger partial charge in [-0.1, -0.05) is 51.4 Å². The summed E-state index contributed by atoms with van der Waals surface area (Å²) in [6, 6.07) is 0.568. The molecule has 4 nitrogen and oxygen atoms in total. The standard InChI is InChI=1S/C14H26N4/c15-13-9-7-5-3-1-2-4-6-8-10-14(13)18-12-16-11-17-18/h11-14H,1-10,15H2. The molecule has 18 heavy (non-hydrogen) atoms. The van der Waals surface area contributed by atoms with Crippen LogP contribution in [0.2, 0.25) is 0 Å². The Morgan fingerprint density at radius 3 is 2.11 bits per heavy atom. The lowest BCUT2D eigenvalue weighted by molar-refractivity contribution is 0.319. The lowest BCUT2D eigenvalue weighted by Crippen LogP contribution is -2.32. The van der Waals surface area contributed by atoms with Crippen molar-refractivity contribution < 1.29 is 0 Å². The van der Waals surface area contributed by atoms with E-state index in [9.17, 15) is 0 Å². The monoisotopic (exact) mass is 250 g/mol. The molecule has 1 aliphatic carbocycles. The second kappa shape index (κ2) is 7.52. The maximum Gasteiger partial charge on any atom is 0.137 e. The molecule has 0 aromatic carbocycles. The number of aromatic nitrogens is 3. The van der Waals surface area contributed by atoms with Crippen molar-refractivity contribution >= 4 is 0 Å². The third-order valence-corrected chi connectivity index (χ3v) is 4.06. The van der Waals surface area contributed by atoms with Crippen LogP contribution in [0.1, 0.15) is 70.3 Å². The van der Waals surface area contributed by atoms with Crippen LogP contribution >= 0.6 is 0 Å². The van der Waals surface area contributed by atoms with Gasteiger partial charge in [-0.2, -0.15) is 5.10 Å². The van der Waals surface area contributed by atoms with Crippen molar-refractivity contribution in [1.29, 1.82) is 0 Å². The minimum Gasteiger partial charge on any atom is -0.326 e. The molecule has 0 radical (unpaired) electrons. The zero-order chi connectivity index (χ0) is 12.6. The van der Waals surface area contributed by atoms with Crippen molar-refractivity contribution in [3.63, 3.8) is 0 Å². The lowest BCUT2D eigenvalue weighted by Gasteiger charge is -2.24. The van der Waals surface area contributed by atoms with E-state index in [0.717, 1.165) is 12.8 Å². The van der Waals surface area contributed by atoms with Crippen molar-refractivity contribution in [3.05, 3.63) is 12.7 Å². The van der Waals surface area contributed by atoms with Crippen LogP contribution < -0.4 is 5.73 Å². The Morgan fingerprint density at radius 2 is 1.50 bits per heavy atom. The molecule has 0 saturated heterocycles. The summed E-state index contributed by atoms with van der Waals surface area (Å²) in [5, 5.41) is 4.28. The summed E-state index contributed by atoms with van der Waals surface area (Å²) in [7, 11) is 0. The fourth-order valence-corrected chi connectivity index (χ4v) is 2.92. The van der Waals surface area contributed by atoms with Gasteiger partial charge in [0.1, 0.15) is 12.7 Å². The zero-order valence-electron chi connectivity index (χ0n) is 11.3. The van der Waals surface area contributed by atoms with Crippen LogP contribution in [-0.4, -0.2) is 20.8 Å². The topological polar surface area (TPSA) is 56.7 Å². The van der Waals surface area contributed by atoms with Gasteiger partial charge in [0, 0.05) is 6.04 Å². The third-order valence-electron chi connectivity index (χ3n) is 4.06. The lowest BCUT2D eigenvalue weighted by atomic mass is 9.95. The normalized spacial score (nSPS) is 28.3. The van der Waals surface area contributed by atoms with E-state index in [1.165, 1.54) is 51.4 Å². The Labute approximate surface area is 110 Å². The highest BCUT2D eigenvalue weighted by Crippen LogP contribution is 2.23. The Balaban J connectivity index is 1.94. The van der Waals surface area contributed by atoms with Crippen molar-refractivity contribution in [2.45, 2.75) is 76.3 Å². The molecule has 0 bridgehead atoms. The highest BCUT2D eigenvalue weighted by molar-refractivity contribution is 4.79. The van der Waals surface area contributed by atoms with Gasteiger partial charge in [0.2, 0.25) is 0 Å². The molecular formula is C14H26N4. The van der Waals surface area contributed by atoms with Gasteiger partial charge >= 0.3 is 0 Å². The summed E-state index contributed by atoms with van der Waals surface area (Å²) in [4.78, 5) is 4.06. The quantitative estimate of drug-likeness (QED) is 0.833. The predicted molar refractivity (Wildman–Crippen MR) is 73.2 cm³/mol. The molecule has 2 N–H and O–H groups in total. The first-order valence-corrected chi connectivity index (χ1v) is 7.47. The summed E-state index contributed by atoms with van der Waals surface area (Å²) in [5.74, 6) is 0. The molecule has 102 valence electrons. The molecule has 0 spiro atoms. The Kier molecular flexibility index (Phi) is 5.65. The van der Waals surface area contributed by atoms with Gasteiger partial charge in [0.05, 0.1) is 6.04 Å². The summed E-state index contributed by atoms with van der Waals surface area (Å²) >= 11 is 0. The summed E-state index contributed by atoms with van der Waals surface area (Å²) in [6.45, 7) is 0. The Bertz CT molecular complexity index is 310. The minimum atomic E-state index is 0.228. The maximum absolute atomic E-state index is 6.36. The molecule has 1 aromatic rings. The second-order valence-corrected chi connectivity index (χ2v) is 5.51. The minimum absolute atomic E-state index is 0.228. The number of rotatable bonds is 1. The van der Waals surface area contributed by atoms with Crippen molar-refractivity contribution in [2.75, 3.05) is 0 Å². The SMILES string of the molecule is NC1CCCCCCCCCCC1n1cncn1. The molecule has 1 saturated carbocycles. The fourth-order valence-electron chi connectivity index (χ4n) is 2.92. The van der Waals surface area contributed by atoms with Gasteiger partial charge in [0.25, 0.3) is 0 Å². The van der Waals surface area contributed by atoms with Crippen LogP contribution in [0.4, 0.5) is 0 Å². The number of hydrogen-bond donors (Lipinski definition) is 1. The van der Waals surface area contributed by atoms with E-state index >= 15 is 0 Å². The molecule has 2 rings (SSSR count). The van der Waals surface area contributed by atoms with Gasteiger partial charge in [-0.3, -0.25) is 0 Å². The molecule has 0 aliphatic heterocycles. The van der Waals surface area contributed by atoms with E-state index in [1.807, 2.05) is 11.0 Å². The number of nitrogens with two attached hydrogens (primary N) is 1. The van der Waals surface area contributed by atoms with E-state index in [-0.39, 0.29) is 6.04 Å². The van der Waals surface area contributed by atoms with Crippen molar-refractivity contribution in [2.24, 2.45) is 5.73 Å². The van der Waals surface area contributed by atoms with Gasteiger partial charge in [0.15, 0.2) is 0 Å². The molecule has 1 aliphatic rings. The number of hydrogen-bond acceptors (Lipinski definition) is 3. The van der Waals surface area contributed by atoms with E-state index in [1.54, 1.807) is 6.33 Å². The van der Waals surface area contributed by atoms with Gasteiger partial charge in [-0.05, 0) is 12.8 Å². The first-order valence-electron chi connectivity index (χ1n) is 7.47. The zero-order valence-corrected chi connectivity index (χ0v) is 11.3. The molecule has 1 heterocycles. The van der Waals surface area contributed by atoms with Crippen molar-refractivity contribution in [3.8, 4) is 0 Å². The van der Waals surface area contributed by atoms with Crippen LogP contribution in [0.5, 0.6) is 0 Å². The van der Waals surface area contributed by atoms with Gasteiger partial charge in [-0.25, -0.2) is 9.67 Å². The average molecular weight is 250 g/mol. The molecular weight excluding hydrogens is 224 g/mol. The Hall–Kier alpha value is -0.900. The molecule has 2 atom stereocenters. The van der Waals surface area contributed by atoms with E-state index in [0.29, 0.717) is 6.04 Å². The highest BCUT2D eigenvalue weighted by atomic mass is 15.3. The number of nitrogens with zero attached hydrogens (tertiary/aromatic N) is 3. The first kappa shape index (κ1) is 13.5. The second-order valence-electron chi connectivity index (χ2n) is 5.51. The molecule has 2 unspecified atom stereocenters.